The predicted molar refractivity (Wildman–Crippen MR) is 64.5 cm³/mol. The summed E-state index contributed by atoms with van der Waals surface area (Å²) in [5.41, 5.74) is 5.79. The van der Waals surface area contributed by atoms with Gasteiger partial charge in [0.05, 0.1) is 5.54 Å². The van der Waals surface area contributed by atoms with Crippen molar-refractivity contribution >= 4 is 0 Å². The molecule has 0 atom stereocenters. The molecule has 0 unspecified atom stereocenters. The van der Waals surface area contributed by atoms with Crippen molar-refractivity contribution in [1.82, 2.24) is 10.1 Å². The zero-order valence-electron chi connectivity index (χ0n) is 10.3. The van der Waals surface area contributed by atoms with Crippen molar-refractivity contribution < 1.29 is 4.52 Å². The average molecular weight is 235 g/mol. The molecular formula is C13H21N3O. The highest BCUT2D eigenvalue weighted by Crippen LogP contribution is 2.42. The van der Waals surface area contributed by atoms with Crippen LogP contribution in [0.2, 0.25) is 0 Å². The van der Waals surface area contributed by atoms with E-state index < -0.39 is 0 Å². The van der Waals surface area contributed by atoms with Gasteiger partial charge in [-0.3, -0.25) is 0 Å². The van der Waals surface area contributed by atoms with E-state index in [-0.39, 0.29) is 5.54 Å². The lowest BCUT2D eigenvalue weighted by Gasteiger charge is -2.15. The zero-order valence-corrected chi connectivity index (χ0v) is 10.3. The Bertz CT molecular complexity index is 376. The van der Waals surface area contributed by atoms with E-state index in [2.05, 4.69) is 10.1 Å². The molecule has 2 fully saturated rings. The van der Waals surface area contributed by atoms with Crippen LogP contribution in [-0.2, 0) is 5.54 Å². The van der Waals surface area contributed by atoms with E-state index in [0.29, 0.717) is 11.8 Å². The molecule has 2 N–H and O–H groups in total. The molecule has 0 aliphatic heterocycles. The molecule has 2 aliphatic carbocycles. The standard InChI is InChI=1S/C13H21N3O/c14-13(8-9-13)12-15-11(16-17-12)10-6-4-2-1-3-5-7-10/h10H,1-9,14H2. The lowest BCUT2D eigenvalue weighted by atomic mass is 9.91. The van der Waals surface area contributed by atoms with E-state index in [0.717, 1.165) is 18.7 Å². The maximum Gasteiger partial charge on any atom is 0.246 e. The highest BCUT2D eigenvalue weighted by Gasteiger charge is 2.45. The number of rotatable bonds is 2. The third-order valence-corrected chi connectivity index (χ3v) is 4.13. The Morgan fingerprint density at radius 1 is 1.06 bits per heavy atom. The average Bonchev–Trinajstić information content (AvgIpc) is 2.85. The van der Waals surface area contributed by atoms with E-state index in [1.165, 1.54) is 44.9 Å². The fraction of sp³-hybridized carbons (Fsp3) is 0.846. The quantitative estimate of drug-likeness (QED) is 0.856. The molecule has 94 valence electrons. The monoisotopic (exact) mass is 235 g/mol. The highest BCUT2D eigenvalue weighted by molar-refractivity contribution is 5.12. The third-order valence-electron chi connectivity index (χ3n) is 4.13. The number of aromatic nitrogens is 2. The molecule has 0 amide bonds. The van der Waals surface area contributed by atoms with Gasteiger partial charge in [0.1, 0.15) is 0 Å². The Labute approximate surface area is 102 Å². The van der Waals surface area contributed by atoms with Crippen molar-refractivity contribution in [2.45, 2.75) is 69.2 Å². The van der Waals surface area contributed by atoms with Gasteiger partial charge in [0, 0.05) is 5.92 Å². The van der Waals surface area contributed by atoms with Crippen LogP contribution in [0.25, 0.3) is 0 Å². The number of hydrogen-bond acceptors (Lipinski definition) is 4. The molecule has 1 aromatic heterocycles. The Kier molecular flexibility index (Phi) is 2.90. The molecule has 3 rings (SSSR count). The summed E-state index contributed by atoms with van der Waals surface area (Å²) in [6.45, 7) is 0. The topological polar surface area (TPSA) is 64.9 Å². The van der Waals surface area contributed by atoms with Crippen molar-refractivity contribution in [2.75, 3.05) is 0 Å². The zero-order chi connectivity index (χ0) is 11.7. The van der Waals surface area contributed by atoms with Crippen molar-refractivity contribution in [3.63, 3.8) is 0 Å². The van der Waals surface area contributed by atoms with Crippen LogP contribution in [0.3, 0.4) is 0 Å². The SMILES string of the molecule is NC1(c2nc(C3CCCCCCC3)no2)CC1. The lowest BCUT2D eigenvalue weighted by molar-refractivity contribution is 0.337. The van der Waals surface area contributed by atoms with Gasteiger partial charge in [-0.25, -0.2) is 0 Å². The maximum atomic E-state index is 6.07. The van der Waals surface area contributed by atoms with E-state index in [4.69, 9.17) is 10.3 Å². The first kappa shape index (κ1) is 11.2. The molecule has 4 nitrogen and oxygen atoms in total. The normalized spacial score (nSPS) is 25.2. The molecule has 4 heteroatoms. The van der Waals surface area contributed by atoms with Crippen LogP contribution in [0.4, 0.5) is 0 Å². The molecular weight excluding hydrogens is 214 g/mol. The maximum absolute atomic E-state index is 6.07. The molecule has 17 heavy (non-hydrogen) atoms. The van der Waals surface area contributed by atoms with Crippen LogP contribution in [0, 0.1) is 0 Å². The summed E-state index contributed by atoms with van der Waals surface area (Å²) in [6.07, 6.45) is 11.1. The van der Waals surface area contributed by atoms with Crippen molar-refractivity contribution in [3.05, 3.63) is 11.7 Å². The molecule has 1 heterocycles. The number of nitrogens with zero attached hydrogens (tertiary/aromatic N) is 2. The van der Waals surface area contributed by atoms with Gasteiger partial charge in [0.2, 0.25) is 5.89 Å². The molecule has 0 aromatic carbocycles. The minimum Gasteiger partial charge on any atom is -0.337 e. The van der Waals surface area contributed by atoms with Crippen molar-refractivity contribution in [2.24, 2.45) is 5.73 Å². The van der Waals surface area contributed by atoms with Gasteiger partial charge >= 0.3 is 0 Å². The van der Waals surface area contributed by atoms with Gasteiger partial charge < -0.3 is 10.3 Å². The first-order valence-corrected chi connectivity index (χ1v) is 6.91. The predicted octanol–water partition coefficient (Wildman–Crippen LogP) is 2.85. The van der Waals surface area contributed by atoms with E-state index in [1.807, 2.05) is 0 Å². The van der Waals surface area contributed by atoms with E-state index >= 15 is 0 Å². The Morgan fingerprint density at radius 2 is 1.71 bits per heavy atom. The smallest absolute Gasteiger partial charge is 0.246 e. The Hall–Kier alpha value is -0.900. The van der Waals surface area contributed by atoms with Gasteiger partial charge in [-0.2, -0.15) is 4.98 Å². The lowest BCUT2D eigenvalue weighted by Crippen LogP contribution is -2.19. The summed E-state index contributed by atoms with van der Waals surface area (Å²) in [5, 5.41) is 4.15. The minimum atomic E-state index is -0.285. The highest BCUT2D eigenvalue weighted by atomic mass is 16.5. The van der Waals surface area contributed by atoms with Crippen molar-refractivity contribution in [1.29, 1.82) is 0 Å². The summed E-state index contributed by atoms with van der Waals surface area (Å²) < 4.78 is 5.33. The molecule has 0 radical (unpaired) electrons. The van der Waals surface area contributed by atoms with Gasteiger partial charge in [0.15, 0.2) is 5.82 Å². The van der Waals surface area contributed by atoms with Crippen LogP contribution in [-0.4, -0.2) is 10.1 Å². The molecule has 2 aliphatic rings. The van der Waals surface area contributed by atoms with Crippen LogP contribution >= 0.6 is 0 Å². The Morgan fingerprint density at radius 3 is 2.35 bits per heavy atom. The summed E-state index contributed by atoms with van der Waals surface area (Å²) in [4.78, 5) is 4.54. The summed E-state index contributed by atoms with van der Waals surface area (Å²) in [5.74, 6) is 2.06. The summed E-state index contributed by atoms with van der Waals surface area (Å²) in [7, 11) is 0. The second-order valence-corrected chi connectivity index (χ2v) is 5.66. The van der Waals surface area contributed by atoms with Gasteiger partial charge in [-0.05, 0) is 25.7 Å². The van der Waals surface area contributed by atoms with Crippen LogP contribution < -0.4 is 5.73 Å². The summed E-state index contributed by atoms with van der Waals surface area (Å²) >= 11 is 0. The van der Waals surface area contributed by atoms with Crippen LogP contribution in [0.15, 0.2) is 4.52 Å². The Balaban J connectivity index is 1.71. The van der Waals surface area contributed by atoms with Gasteiger partial charge in [-0.1, -0.05) is 37.3 Å². The van der Waals surface area contributed by atoms with Crippen molar-refractivity contribution in [3.8, 4) is 0 Å². The van der Waals surface area contributed by atoms with Gasteiger partial charge in [0.25, 0.3) is 0 Å². The van der Waals surface area contributed by atoms with Gasteiger partial charge in [-0.15, -0.1) is 0 Å². The second kappa shape index (κ2) is 4.41. The molecule has 0 saturated heterocycles. The second-order valence-electron chi connectivity index (χ2n) is 5.66. The third kappa shape index (κ3) is 2.37. The fourth-order valence-electron chi connectivity index (χ4n) is 2.67. The first-order chi connectivity index (χ1) is 8.28. The number of hydrogen-bond donors (Lipinski definition) is 1. The largest absolute Gasteiger partial charge is 0.337 e. The first-order valence-electron chi connectivity index (χ1n) is 6.91. The van der Waals surface area contributed by atoms with E-state index in [9.17, 15) is 0 Å². The molecule has 1 aromatic rings. The summed E-state index contributed by atoms with van der Waals surface area (Å²) in [6, 6.07) is 0. The fourth-order valence-corrected chi connectivity index (χ4v) is 2.67. The van der Waals surface area contributed by atoms with Crippen LogP contribution in [0.1, 0.15) is 75.4 Å². The number of nitrogens with two attached hydrogens (primary N) is 1. The van der Waals surface area contributed by atoms with E-state index in [1.54, 1.807) is 0 Å². The molecule has 0 spiro atoms. The molecule has 0 bridgehead atoms. The minimum absolute atomic E-state index is 0.285. The molecule has 2 saturated carbocycles. The van der Waals surface area contributed by atoms with Crippen LogP contribution in [0.5, 0.6) is 0 Å².